The highest BCUT2D eigenvalue weighted by molar-refractivity contribution is 7.15. The van der Waals surface area contributed by atoms with E-state index in [0.29, 0.717) is 31.6 Å². The molecule has 8 heteroatoms. The summed E-state index contributed by atoms with van der Waals surface area (Å²) >= 11 is 7.44. The Balaban J connectivity index is 1.54. The van der Waals surface area contributed by atoms with Gasteiger partial charge in [0.2, 0.25) is 0 Å². The Labute approximate surface area is 185 Å². The van der Waals surface area contributed by atoms with Gasteiger partial charge in [0.05, 0.1) is 28.2 Å². The van der Waals surface area contributed by atoms with E-state index in [1.165, 1.54) is 11.3 Å². The molecule has 2 aromatic carbocycles. The van der Waals surface area contributed by atoms with Gasteiger partial charge in [0, 0.05) is 11.6 Å². The van der Waals surface area contributed by atoms with Crippen LogP contribution in [-0.2, 0) is 4.74 Å². The van der Waals surface area contributed by atoms with Crippen molar-refractivity contribution in [3.8, 4) is 11.3 Å². The fourth-order valence-electron chi connectivity index (χ4n) is 3.37. The zero-order chi connectivity index (χ0) is 21.5. The highest BCUT2D eigenvalue weighted by atomic mass is 35.5. The number of fused-ring (bicyclic) bond motifs is 3. The summed E-state index contributed by atoms with van der Waals surface area (Å²) in [5.74, 6) is 0.582. The topological polar surface area (TPSA) is 73.8 Å². The molecule has 154 valence electrons. The van der Waals surface area contributed by atoms with Gasteiger partial charge in [-0.2, -0.15) is 0 Å². The quantitative estimate of drug-likeness (QED) is 0.376. The average molecular weight is 451 g/mol. The van der Waals surface area contributed by atoms with Crippen molar-refractivity contribution < 1.29 is 13.9 Å². The van der Waals surface area contributed by atoms with E-state index in [2.05, 4.69) is 4.98 Å². The number of aromatic nitrogens is 2. The SMILES string of the molecule is CCOC(=O)c1cc(-c2ccc(/C=c3/sc4nc5ccccc5n4c3=O)o2)ccc1Cl. The lowest BCUT2D eigenvalue weighted by atomic mass is 10.1. The smallest absolute Gasteiger partial charge is 0.339 e. The summed E-state index contributed by atoms with van der Waals surface area (Å²) in [6.07, 6.45) is 1.70. The van der Waals surface area contributed by atoms with E-state index in [4.69, 9.17) is 20.8 Å². The second-order valence-corrected chi connectivity index (χ2v) is 8.17. The third-order valence-corrected chi connectivity index (χ3v) is 6.09. The molecule has 0 atom stereocenters. The number of nitrogens with zero attached hydrogens (tertiary/aromatic N) is 2. The molecule has 0 aliphatic heterocycles. The molecule has 5 rings (SSSR count). The summed E-state index contributed by atoms with van der Waals surface area (Å²) < 4.78 is 13.1. The number of hydrogen-bond donors (Lipinski definition) is 0. The number of thiazole rings is 1. The van der Waals surface area contributed by atoms with Gasteiger partial charge in [0.1, 0.15) is 16.1 Å². The Morgan fingerprint density at radius 1 is 1.23 bits per heavy atom. The Morgan fingerprint density at radius 2 is 2.06 bits per heavy atom. The van der Waals surface area contributed by atoms with Crippen LogP contribution in [0.2, 0.25) is 5.02 Å². The molecule has 0 saturated carbocycles. The van der Waals surface area contributed by atoms with Crippen LogP contribution < -0.4 is 10.1 Å². The first-order valence-electron chi connectivity index (χ1n) is 9.54. The van der Waals surface area contributed by atoms with Crippen LogP contribution >= 0.6 is 22.9 Å². The van der Waals surface area contributed by atoms with Gasteiger partial charge in [-0.15, -0.1) is 0 Å². The van der Waals surface area contributed by atoms with E-state index < -0.39 is 5.97 Å². The third kappa shape index (κ3) is 3.41. The van der Waals surface area contributed by atoms with E-state index in [1.807, 2.05) is 24.3 Å². The minimum atomic E-state index is -0.488. The minimum Gasteiger partial charge on any atom is -0.462 e. The molecule has 0 bridgehead atoms. The summed E-state index contributed by atoms with van der Waals surface area (Å²) in [5.41, 5.74) is 2.39. The van der Waals surface area contributed by atoms with Crippen LogP contribution in [0.4, 0.5) is 0 Å². The summed E-state index contributed by atoms with van der Waals surface area (Å²) in [4.78, 5) is 30.2. The predicted molar refractivity (Wildman–Crippen MR) is 121 cm³/mol. The number of ether oxygens (including phenoxy) is 1. The number of rotatable bonds is 4. The fraction of sp³-hybridized carbons (Fsp3) is 0.0870. The standard InChI is InChI=1S/C23H15ClN2O4S/c1-2-29-22(28)15-11-13(7-9-16(15)24)19-10-8-14(30-19)12-20-21(27)26-18-6-4-3-5-17(18)25-23(26)31-20/h3-12H,2H2,1H3/b20-12+. The summed E-state index contributed by atoms with van der Waals surface area (Å²) in [5, 5.41) is 0.311. The van der Waals surface area contributed by atoms with Crippen molar-refractivity contribution in [3.05, 3.63) is 85.8 Å². The second-order valence-electron chi connectivity index (χ2n) is 6.75. The molecule has 0 aliphatic rings. The first-order chi connectivity index (χ1) is 15.0. The summed E-state index contributed by atoms with van der Waals surface area (Å²) in [6, 6.07) is 16.1. The monoisotopic (exact) mass is 450 g/mol. The van der Waals surface area contributed by atoms with Gasteiger partial charge < -0.3 is 9.15 Å². The van der Waals surface area contributed by atoms with Gasteiger partial charge in [0.25, 0.3) is 5.56 Å². The first kappa shape index (κ1) is 19.5. The number of carbonyl (C=O) groups is 1. The molecule has 3 heterocycles. The van der Waals surface area contributed by atoms with Crippen LogP contribution in [0.25, 0.3) is 33.4 Å². The van der Waals surface area contributed by atoms with Gasteiger partial charge >= 0.3 is 5.97 Å². The van der Waals surface area contributed by atoms with Crippen LogP contribution in [-0.4, -0.2) is 22.0 Å². The van der Waals surface area contributed by atoms with E-state index >= 15 is 0 Å². The van der Waals surface area contributed by atoms with Crippen molar-refractivity contribution in [1.82, 2.24) is 9.38 Å². The number of para-hydroxylation sites is 2. The number of imidazole rings is 1. The highest BCUT2D eigenvalue weighted by Crippen LogP contribution is 2.27. The lowest BCUT2D eigenvalue weighted by Crippen LogP contribution is -2.22. The molecule has 0 aliphatic carbocycles. The van der Waals surface area contributed by atoms with Gasteiger partial charge in [0.15, 0.2) is 4.96 Å². The highest BCUT2D eigenvalue weighted by Gasteiger charge is 2.15. The van der Waals surface area contributed by atoms with Crippen LogP contribution in [0.5, 0.6) is 0 Å². The maximum Gasteiger partial charge on any atom is 0.339 e. The van der Waals surface area contributed by atoms with Crippen LogP contribution in [0.15, 0.2) is 63.8 Å². The van der Waals surface area contributed by atoms with Crippen molar-refractivity contribution in [3.63, 3.8) is 0 Å². The van der Waals surface area contributed by atoms with Gasteiger partial charge in [-0.25, -0.2) is 14.2 Å². The maximum atomic E-state index is 12.9. The van der Waals surface area contributed by atoms with Gasteiger partial charge in [-0.3, -0.25) is 4.79 Å². The average Bonchev–Trinajstić information content (AvgIpc) is 3.44. The Bertz CT molecular complexity index is 1560. The molecule has 6 nitrogen and oxygen atoms in total. The van der Waals surface area contributed by atoms with Crippen molar-refractivity contribution in [1.29, 1.82) is 0 Å². The number of hydrogen-bond acceptors (Lipinski definition) is 6. The van der Waals surface area contributed by atoms with Crippen LogP contribution in [0.3, 0.4) is 0 Å². The van der Waals surface area contributed by atoms with Gasteiger partial charge in [-0.05, 0) is 49.4 Å². The summed E-state index contributed by atoms with van der Waals surface area (Å²) in [6.45, 7) is 2.00. The first-order valence-corrected chi connectivity index (χ1v) is 10.7. The van der Waals surface area contributed by atoms with Crippen molar-refractivity contribution >= 4 is 51.0 Å². The largest absolute Gasteiger partial charge is 0.462 e. The molecular weight excluding hydrogens is 436 g/mol. The van der Waals surface area contributed by atoms with E-state index in [1.54, 1.807) is 47.7 Å². The Hall–Kier alpha value is -3.42. The van der Waals surface area contributed by atoms with Crippen LogP contribution in [0, 0.1) is 0 Å². The predicted octanol–water partition coefficient (Wildman–Crippen LogP) is 4.55. The molecule has 3 aromatic heterocycles. The molecule has 0 fully saturated rings. The number of esters is 1. The molecule has 31 heavy (non-hydrogen) atoms. The zero-order valence-corrected chi connectivity index (χ0v) is 17.9. The molecule has 0 unspecified atom stereocenters. The number of benzene rings is 2. The molecular formula is C23H15ClN2O4S. The second kappa shape index (κ2) is 7.68. The lowest BCUT2D eigenvalue weighted by Gasteiger charge is -2.05. The van der Waals surface area contributed by atoms with E-state index in [-0.39, 0.29) is 17.7 Å². The minimum absolute atomic E-state index is 0.136. The van der Waals surface area contributed by atoms with E-state index in [0.717, 1.165) is 11.0 Å². The lowest BCUT2D eigenvalue weighted by molar-refractivity contribution is 0.0526. The third-order valence-electron chi connectivity index (χ3n) is 4.79. The molecule has 5 aromatic rings. The number of carbonyl (C=O) groups excluding carboxylic acids is 1. The maximum absolute atomic E-state index is 12.9. The zero-order valence-electron chi connectivity index (χ0n) is 16.3. The normalized spacial score (nSPS) is 12.1. The van der Waals surface area contributed by atoms with Crippen molar-refractivity contribution in [2.75, 3.05) is 6.61 Å². The number of furan rings is 1. The molecule has 0 spiro atoms. The molecule has 0 saturated heterocycles. The van der Waals surface area contributed by atoms with E-state index in [9.17, 15) is 9.59 Å². The molecule has 0 N–H and O–H groups in total. The molecule has 0 amide bonds. The Kier molecular flexibility index (Phi) is 4.84. The molecule has 0 radical (unpaired) electrons. The fourth-order valence-corrected chi connectivity index (χ4v) is 4.53. The van der Waals surface area contributed by atoms with Crippen molar-refractivity contribution in [2.45, 2.75) is 6.92 Å². The van der Waals surface area contributed by atoms with Crippen molar-refractivity contribution in [2.24, 2.45) is 0 Å². The van der Waals surface area contributed by atoms with Crippen LogP contribution in [0.1, 0.15) is 23.0 Å². The van der Waals surface area contributed by atoms with Gasteiger partial charge in [-0.1, -0.05) is 35.1 Å². The Morgan fingerprint density at radius 3 is 2.90 bits per heavy atom. The number of halogens is 1. The summed E-state index contributed by atoms with van der Waals surface area (Å²) in [7, 11) is 0.